The third-order valence-electron chi connectivity index (χ3n) is 1.67. The van der Waals surface area contributed by atoms with Crippen molar-refractivity contribution >= 4 is 17.2 Å². The number of rotatable bonds is 2. The number of nitrogens with zero attached hydrogens (tertiary/aromatic N) is 1. The Bertz CT molecular complexity index is 325. The van der Waals surface area contributed by atoms with Crippen LogP contribution in [0.3, 0.4) is 0 Å². The molecule has 1 aromatic rings. The lowest BCUT2D eigenvalue weighted by atomic mass is 9.98. The highest BCUT2D eigenvalue weighted by molar-refractivity contribution is 7.10. The summed E-state index contributed by atoms with van der Waals surface area (Å²) in [5, 5.41) is 10.5. The molecule has 78 valence electrons. The Kier molecular flexibility index (Phi) is 3.26. The highest BCUT2D eigenvalue weighted by Crippen LogP contribution is 2.25. The van der Waals surface area contributed by atoms with Crippen molar-refractivity contribution in [2.45, 2.75) is 33.1 Å². The molecule has 0 spiro atoms. The van der Waals surface area contributed by atoms with Gasteiger partial charge >= 0.3 is 0 Å². The van der Waals surface area contributed by atoms with E-state index < -0.39 is 0 Å². The highest BCUT2D eigenvalue weighted by Gasteiger charge is 2.19. The first-order valence-corrected chi connectivity index (χ1v) is 5.51. The van der Waals surface area contributed by atoms with Crippen LogP contribution in [0.2, 0.25) is 0 Å². The normalized spacial score (nSPS) is 11.4. The zero-order valence-electron chi connectivity index (χ0n) is 9.05. The minimum atomic E-state index is 0.0510. The molecule has 14 heavy (non-hydrogen) atoms. The Morgan fingerprint density at radius 1 is 1.57 bits per heavy atom. The highest BCUT2D eigenvalue weighted by atomic mass is 32.1. The molecule has 0 bridgehead atoms. The fraction of sp³-hybridized carbons (Fsp3) is 0.600. The summed E-state index contributed by atoms with van der Waals surface area (Å²) < 4.78 is 5.08. The minimum Gasteiger partial charge on any atom is -0.477 e. The lowest BCUT2D eigenvalue weighted by molar-refractivity contribution is 0.324. The molecule has 0 aliphatic carbocycles. The van der Waals surface area contributed by atoms with Crippen LogP contribution in [0.25, 0.3) is 0 Å². The summed E-state index contributed by atoms with van der Waals surface area (Å²) in [6, 6.07) is 0. The summed E-state index contributed by atoms with van der Waals surface area (Å²) in [5.41, 5.74) is 0.692. The van der Waals surface area contributed by atoms with Gasteiger partial charge in [-0.05, 0) is 6.92 Å². The van der Waals surface area contributed by atoms with Crippen LogP contribution in [0.1, 0.15) is 38.4 Å². The Hall–Kier alpha value is -0.900. The Balaban J connectivity index is 2.83. The summed E-state index contributed by atoms with van der Waals surface area (Å²) in [4.78, 5) is 4.37. The molecule has 1 heterocycles. The first-order valence-electron chi connectivity index (χ1n) is 4.63. The second-order valence-corrected chi connectivity index (χ2v) is 4.91. The largest absolute Gasteiger partial charge is 0.477 e. The molecule has 0 atom stereocenters. The number of hydrogen-bond acceptors (Lipinski definition) is 4. The summed E-state index contributed by atoms with van der Waals surface area (Å²) >= 11 is 1.58. The number of thiazole rings is 1. The van der Waals surface area contributed by atoms with E-state index in [1.54, 1.807) is 11.3 Å². The zero-order chi connectivity index (χ0) is 10.8. The topological polar surface area (TPSA) is 46.0 Å². The lowest BCUT2D eigenvalue weighted by Crippen LogP contribution is -2.12. The van der Waals surface area contributed by atoms with Crippen molar-refractivity contribution in [2.24, 2.45) is 0 Å². The first kappa shape index (κ1) is 11.2. The quantitative estimate of drug-likeness (QED) is 0.605. The van der Waals surface area contributed by atoms with Crippen LogP contribution in [0.5, 0.6) is 0 Å². The SMILES string of the molecule is CCOC(=N)c1csc(C(C)(C)C)n1. The molecule has 1 rings (SSSR count). The second kappa shape index (κ2) is 4.09. The molecular weight excluding hydrogens is 196 g/mol. The predicted molar refractivity (Wildman–Crippen MR) is 59.3 cm³/mol. The fourth-order valence-electron chi connectivity index (χ4n) is 0.941. The maximum absolute atomic E-state index is 7.57. The third-order valence-corrected chi connectivity index (χ3v) is 2.94. The molecule has 0 amide bonds. The zero-order valence-corrected chi connectivity index (χ0v) is 9.86. The van der Waals surface area contributed by atoms with E-state index >= 15 is 0 Å². The molecule has 0 aliphatic heterocycles. The molecule has 4 heteroatoms. The van der Waals surface area contributed by atoms with Gasteiger partial charge in [-0.3, -0.25) is 5.41 Å². The van der Waals surface area contributed by atoms with E-state index in [9.17, 15) is 0 Å². The van der Waals surface area contributed by atoms with Gasteiger partial charge in [0.15, 0.2) is 0 Å². The van der Waals surface area contributed by atoms with Gasteiger partial charge in [-0.15, -0.1) is 11.3 Å². The number of hydrogen-bond donors (Lipinski definition) is 1. The Morgan fingerprint density at radius 3 is 2.64 bits per heavy atom. The Labute approximate surface area is 88.6 Å². The van der Waals surface area contributed by atoms with E-state index in [1.807, 2.05) is 12.3 Å². The molecular formula is C10H16N2OS. The Morgan fingerprint density at radius 2 is 2.21 bits per heavy atom. The maximum atomic E-state index is 7.57. The number of nitrogens with one attached hydrogen (secondary N) is 1. The number of ether oxygens (including phenoxy) is 1. The van der Waals surface area contributed by atoms with Crippen LogP contribution in [0.4, 0.5) is 0 Å². The molecule has 0 aliphatic rings. The van der Waals surface area contributed by atoms with Gasteiger partial charge in [-0.1, -0.05) is 20.8 Å². The van der Waals surface area contributed by atoms with E-state index in [0.29, 0.717) is 12.3 Å². The van der Waals surface area contributed by atoms with Crippen molar-refractivity contribution in [1.82, 2.24) is 4.98 Å². The van der Waals surface area contributed by atoms with E-state index in [2.05, 4.69) is 25.8 Å². The molecule has 0 fully saturated rings. The second-order valence-electron chi connectivity index (χ2n) is 4.05. The minimum absolute atomic E-state index is 0.0510. The van der Waals surface area contributed by atoms with Gasteiger partial charge in [0.05, 0.1) is 11.6 Å². The third kappa shape index (κ3) is 2.54. The lowest BCUT2D eigenvalue weighted by Gasteiger charge is -2.13. The summed E-state index contributed by atoms with van der Waals surface area (Å²) in [5.74, 6) is 0.166. The molecule has 1 N–H and O–H groups in total. The summed E-state index contributed by atoms with van der Waals surface area (Å²) in [7, 11) is 0. The van der Waals surface area contributed by atoms with Crippen LogP contribution >= 0.6 is 11.3 Å². The summed E-state index contributed by atoms with van der Waals surface area (Å²) in [6.45, 7) is 8.71. The van der Waals surface area contributed by atoms with Gasteiger partial charge in [-0.25, -0.2) is 4.98 Å². The molecule has 1 aromatic heterocycles. The van der Waals surface area contributed by atoms with Gasteiger partial charge in [0.25, 0.3) is 0 Å². The van der Waals surface area contributed by atoms with E-state index in [1.165, 1.54) is 0 Å². The van der Waals surface area contributed by atoms with Crippen molar-refractivity contribution in [3.05, 3.63) is 16.1 Å². The van der Waals surface area contributed by atoms with Gasteiger partial charge in [0, 0.05) is 10.8 Å². The average Bonchev–Trinajstić information content (AvgIpc) is 2.51. The van der Waals surface area contributed by atoms with Gasteiger partial charge in [0.1, 0.15) is 5.69 Å². The molecule has 0 saturated heterocycles. The van der Waals surface area contributed by atoms with Gasteiger partial charge in [0.2, 0.25) is 5.90 Å². The standard InChI is InChI=1S/C10H16N2OS/c1-5-13-8(11)7-6-14-9(12-7)10(2,3)4/h6,11H,5H2,1-4H3. The molecule has 0 saturated carbocycles. The predicted octanol–water partition coefficient (Wildman–Crippen LogP) is 2.80. The summed E-state index contributed by atoms with van der Waals surface area (Å²) in [6.07, 6.45) is 0. The maximum Gasteiger partial charge on any atom is 0.233 e. The van der Waals surface area contributed by atoms with Crippen molar-refractivity contribution in [1.29, 1.82) is 5.41 Å². The van der Waals surface area contributed by atoms with Crippen molar-refractivity contribution in [3.8, 4) is 0 Å². The number of aromatic nitrogens is 1. The molecule has 0 radical (unpaired) electrons. The molecule has 0 aromatic carbocycles. The molecule has 0 unspecified atom stereocenters. The van der Waals surface area contributed by atoms with E-state index in [4.69, 9.17) is 10.1 Å². The van der Waals surface area contributed by atoms with E-state index in [-0.39, 0.29) is 11.3 Å². The van der Waals surface area contributed by atoms with Crippen LogP contribution in [-0.2, 0) is 10.2 Å². The van der Waals surface area contributed by atoms with Crippen LogP contribution in [0, 0.1) is 5.41 Å². The van der Waals surface area contributed by atoms with Crippen LogP contribution < -0.4 is 0 Å². The van der Waals surface area contributed by atoms with Crippen LogP contribution in [-0.4, -0.2) is 17.5 Å². The monoisotopic (exact) mass is 212 g/mol. The van der Waals surface area contributed by atoms with Crippen LogP contribution in [0.15, 0.2) is 5.38 Å². The van der Waals surface area contributed by atoms with Crippen molar-refractivity contribution < 1.29 is 4.74 Å². The molecule has 3 nitrogen and oxygen atoms in total. The van der Waals surface area contributed by atoms with Crippen molar-refractivity contribution in [3.63, 3.8) is 0 Å². The van der Waals surface area contributed by atoms with Gasteiger partial charge < -0.3 is 4.74 Å². The van der Waals surface area contributed by atoms with E-state index in [0.717, 1.165) is 5.01 Å². The smallest absolute Gasteiger partial charge is 0.233 e. The average molecular weight is 212 g/mol. The first-order chi connectivity index (χ1) is 6.45. The fourth-order valence-corrected chi connectivity index (χ4v) is 1.83. The van der Waals surface area contributed by atoms with Gasteiger partial charge in [-0.2, -0.15) is 0 Å². The van der Waals surface area contributed by atoms with Crippen molar-refractivity contribution in [2.75, 3.05) is 6.61 Å².